The number of ether oxygens (including phenoxy) is 1. The summed E-state index contributed by atoms with van der Waals surface area (Å²) in [4.78, 5) is 11.1. The van der Waals surface area contributed by atoms with Crippen molar-refractivity contribution in [1.29, 1.82) is 0 Å². The fraction of sp³-hybridized carbons (Fsp3) is 0.692. The van der Waals surface area contributed by atoms with Gasteiger partial charge >= 0.3 is 0 Å². The van der Waals surface area contributed by atoms with Gasteiger partial charge in [0.15, 0.2) is 0 Å². The Kier molecular flexibility index (Phi) is 5.45. The average Bonchev–Trinajstić information content (AvgIpc) is 2.37. The summed E-state index contributed by atoms with van der Waals surface area (Å²) in [5.74, 6) is 2.11. The predicted molar refractivity (Wildman–Crippen MR) is 80.4 cm³/mol. The molecule has 0 aliphatic carbocycles. The lowest BCUT2D eigenvalue weighted by Gasteiger charge is -2.29. The molecule has 2 rings (SSSR count). The molecule has 0 saturated carbocycles. The molecule has 1 aliphatic rings. The highest BCUT2D eigenvalue weighted by molar-refractivity contribution is 7.84. The van der Waals surface area contributed by atoms with E-state index in [9.17, 15) is 4.21 Å². The molecular weight excluding hydrogens is 276 g/mol. The Balaban J connectivity index is 2.05. The number of hydrogen-bond acceptors (Lipinski definition) is 6. The molecule has 7 heteroatoms. The van der Waals surface area contributed by atoms with Gasteiger partial charge < -0.3 is 15.0 Å². The van der Waals surface area contributed by atoms with Gasteiger partial charge in [-0.25, -0.2) is 9.97 Å². The van der Waals surface area contributed by atoms with Gasteiger partial charge in [-0.05, 0) is 14.0 Å². The monoisotopic (exact) mass is 298 g/mol. The first-order chi connectivity index (χ1) is 9.54. The standard InChI is InChI=1S/C13H22N4O2S/c1-10-15-11(12-9-17(2)5-6-19-12)8-13(16-10)14-4-7-20(3)18/h8,12H,4-7,9H2,1-3H3,(H,14,15,16). The quantitative estimate of drug-likeness (QED) is 0.857. The second-order valence-corrected chi connectivity index (χ2v) is 6.61. The number of aryl methyl sites for hydroxylation is 1. The SMILES string of the molecule is Cc1nc(NCCS(C)=O)cc(C2CN(C)CCO2)n1. The number of likely N-dealkylation sites (N-methyl/N-ethyl adjacent to an activating group) is 1. The van der Waals surface area contributed by atoms with Crippen LogP contribution in [-0.2, 0) is 15.5 Å². The molecule has 1 fully saturated rings. The van der Waals surface area contributed by atoms with Crippen molar-refractivity contribution in [3.05, 3.63) is 17.6 Å². The van der Waals surface area contributed by atoms with Crippen molar-refractivity contribution in [2.75, 3.05) is 50.6 Å². The lowest BCUT2D eigenvalue weighted by molar-refractivity contribution is -0.0232. The second-order valence-electron chi connectivity index (χ2n) is 5.05. The van der Waals surface area contributed by atoms with Gasteiger partial charge in [-0.3, -0.25) is 4.21 Å². The predicted octanol–water partition coefficient (Wildman–Crippen LogP) is 0.579. The smallest absolute Gasteiger partial charge is 0.130 e. The molecule has 1 N–H and O–H groups in total. The maximum atomic E-state index is 11.1. The van der Waals surface area contributed by atoms with Crippen molar-refractivity contribution in [3.63, 3.8) is 0 Å². The normalized spacial score (nSPS) is 21.6. The van der Waals surface area contributed by atoms with E-state index in [-0.39, 0.29) is 6.10 Å². The molecule has 1 saturated heterocycles. The van der Waals surface area contributed by atoms with Crippen LogP contribution in [0.15, 0.2) is 6.07 Å². The van der Waals surface area contributed by atoms with Crippen molar-refractivity contribution in [2.45, 2.75) is 13.0 Å². The van der Waals surface area contributed by atoms with E-state index < -0.39 is 10.8 Å². The molecule has 1 aromatic rings. The highest BCUT2D eigenvalue weighted by Crippen LogP contribution is 2.21. The van der Waals surface area contributed by atoms with Gasteiger partial charge in [0.25, 0.3) is 0 Å². The maximum absolute atomic E-state index is 11.1. The highest BCUT2D eigenvalue weighted by atomic mass is 32.2. The minimum Gasteiger partial charge on any atom is -0.369 e. The van der Waals surface area contributed by atoms with Crippen LogP contribution < -0.4 is 5.32 Å². The van der Waals surface area contributed by atoms with Crippen molar-refractivity contribution in [2.24, 2.45) is 0 Å². The first kappa shape index (κ1) is 15.3. The number of anilines is 1. The summed E-state index contributed by atoms with van der Waals surface area (Å²) in [5.41, 5.74) is 0.907. The van der Waals surface area contributed by atoms with Crippen LogP contribution in [0.1, 0.15) is 17.6 Å². The van der Waals surface area contributed by atoms with Crippen molar-refractivity contribution >= 4 is 16.6 Å². The molecule has 0 aromatic carbocycles. The van der Waals surface area contributed by atoms with Crippen LogP contribution in [-0.4, -0.2) is 64.4 Å². The van der Waals surface area contributed by atoms with Crippen molar-refractivity contribution in [1.82, 2.24) is 14.9 Å². The van der Waals surface area contributed by atoms with E-state index in [2.05, 4.69) is 27.2 Å². The number of hydrogen-bond donors (Lipinski definition) is 1. The number of nitrogens with zero attached hydrogens (tertiary/aromatic N) is 3. The summed E-state index contributed by atoms with van der Waals surface area (Å²) < 4.78 is 16.8. The van der Waals surface area contributed by atoms with Gasteiger partial charge in [-0.1, -0.05) is 0 Å². The third kappa shape index (κ3) is 4.50. The van der Waals surface area contributed by atoms with Crippen LogP contribution >= 0.6 is 0 Å². The largest absolute Gasteiger partial charge is 0.369 e. The molecule has 0 bridgehead atoms. The zero-order valence-electron chi connectivity index (χ0n) is 12.3. The van der Waals surface area contributed by atoms with Gasteiger partial charge in [-0.15, -0.1) is 0 Å². The Hall–Kier alpha value is -1.05. The van der Waals surface area contributed by atoms with Gasteiger partial charge in [0, 0.05) is 48.5 Å². The minimum absolute atomic E-state index is 0.00342. The number of nitrogens with one attached hydrogen (secondary N) is 1. The molecule has 20 heavy (non-hydrogen) atoms. The molecular formula is C13H22N4O2S. The van der Waals surface area contributed by atoms with Crippen LogP contribution in [0.2, 0.25) is 0 Å². The van der Waals surface area contributed by atoms with E-state index in [1.54, 1.807) is 6.26 Å². The topological polar surface area (TPSA) is 67.4 Å². The van der Waals surface area contributed by atoms with Crippen LogP contribution in [0.5, 0.6) is 0 Å². The zero-order valence-corrected chi connectivity index (χ0v) is 13.1. The molecule has 112 valence electrons. The van der Waals surface area contributed by atoms with Crippen LogP contribution in [0.4, 0.5) is 5.82 Å². The maximum Gasteiger partial charge on any atom is 0.130 e. The van der Waals surface area contributed by atoms with Crippen molar-refractivity contribution < 1.29 is 8.95 Å². The lowest BCUT2D eigenvalue weighted by Crippen LogP contribution is -2.35. The summed E-state index contributed by atoms with van der Waals surface area (Å²) in [7, 11) is 1.29. The Labute approximate surface area is 122 Å². The summed E-state index contributed by atoms with van der Waals surface area (Å²) in [6, 6.07) is 1.93. The number of aromatic nitrogens is 2. The van der Waals surface area contributed by atoms with E-state index in [4.69, 9.17) is 4.74 Å². The Morgan fingerprint density at radius 1 is 1.55 bits per heavy atom. The Morgan fingerprint density at radius 3 is 3.05 bits per heavy atom. The fourth-order valence-corrected chi connectivity index (χ4v) is 2.52. The molecule has 2 heterocycles. The lowest BCUT2D eigenvalue weighted by atomic mass is 10.2. The second kappa shape index (κ2) is 7.10. The number of morpholine rings is 1. The van der Waals surface area contributed by atoms with E-state index in [1.165, 1.54) is 0 Å². The van der Waals surface area contributed by atoms with Crippen LogP contribution in [0.3, 0.4) is 0 Å². The average molecular weight is 298 g/mol. The van der Waals surface area contributed by atoms with Gasteiger partial charge in [-0.2, -0.15) is 0 Å². The minimum atomic E-state index is -0.796. The molecule has 1 aliphatic heterocycles. The first-order valence-corrected chi connectivity index (χ1v) is 8.47. The fourth-order valence-electron chi connectivity index (χ4n) is 2.13. The summed E-state index contributed by atoms with van der Waals surface area (Å²) in [6.07, 6.45) is 1.70. The highest BCUT2D eigenvalue weighted by Gasteiger charge is 2.21. The molecule has 2 unspecified atom stereocenters. The molecule has 6 nitrogen and oxygen atoms in total. The Morgan fingerprint density at radius 2 is 2.35 bits per heavy atom. The third-order valence-electron chi connectivity index (χ3n) is 3.15. The van der Waals surface area contributed by atoms with Crippen LogP contribution in [0, 0.1) is 6.92 Å². The zero-order chi connectivity index (χ0) is 14.5. The van der Waals surface area contributed by atoms with Gasteiger partial charge in [0.2, 0.25) is 0 Å². The van der Waals surface area contributed by atoms with E-state index >= 15 is 0 Å². The van der Waals surface area contributed by atoms with Crippen molar-refractivity contribution in [3.8, 4) is 0 Å². The molecule has 1 aromatic heterocycles. The first-order valence-electron chi connectivity index (χ1n) is 6.74. The summed E-state index contributed by atoms with van der Waals surface area (Å²) in [5, 5.41) is 3.19. The number of rotatable bonds is 5. The Bertz CT molecular complexity index is 483. The van der Waals surface area contributed by atoms with Crippen LogP contribution in [0.25, 0.3) is 0 Å². The van der Waals surface area contributed by atoms with E-state index in [0.29, 0.717) is 12.3 Å². The van der Waals surface area contributed by atoms with Gasteiger partial charge in [0.05, 0.1) is 12.3 Å². The summed E-state index contributed by atoms with van der Waals surface area (Å²) >= 11 is 0. The third-order valence-corrected chi connectivity index (χ3v) is 3.93. The molecule has 0 radical (unpaired) electrons. The molecule has 2 atom stereocenters. The molecule has 0 amide bonds. The van der Waals surface area contributed by atoms with E-state index in [1.807, 2.05) is 13.0 Å². The van der Waals surface area contributed by atoms with Gasteiger partial charge in [0.1, 0.15) is 17.7 Å². The molecule has 0 spiro atoms. The summed E-state index contributed by atoms with van der Waals surface area (Å²) in [6.45, 7) is 5.04. The van der Waals surface area contributed by atoms with E-state index in [0.717, 1.165) is 37.0 Å².